The molecule has 0 aliphatic carbocycles. The molecule has 0 fully saturated rings. The van der Waals surface area contributed by atoms with Gasteiger partial charge in [-0.05, 0) is 29.5 Å². The minimum Gasteiger partial charge on any atom is -0.497 e. The molecule has 0 unspecified atom stereocenters. The molecule has 0 radical (unpaired) electrons. The van der Waals surface area contributed by atoms with Crippen LogP contribution in [0.3, 0.4) is 0 Å². The molecule has 1 aromatic carbocycles. The maximum atomic E-state index is 10.4. The van der Waals surface area contributed by atoms with Crippen LogP contribution in [-0.2, 0) is 5.41 Å². The second-order valence-corrected chi connectivity index (χ2v) is 8.14. The lowest BCUT2D eigenvalue weighted by Crippen LogP contribution is -2.38. The van der Waals surface area contributed by atoms with Gasteiger partial charge in [0, 0.05) is 31.6 Å². The number of aliphatic hydroxyl groups is 1. The van der Waals surface area contributed by atoms with Crippen molar-refractivity contribution in [1.82, 2.24) is 4.90 Å². The highest BCUT2D eigenvalue weighted by atomic mass is 16.5. The van der Waals surface area contributed by atoms with E-state index in [2.05, 4.69) is 45.6 Å². The highest BCUT2D eigenvalue weighted by molar-refractivity contribution is 5.44. The Balaban J connectivity index is 2.74. The Morgan fingerprint density at radius 2 is 1.92 bits per heavy atom. The molecule has 5 heteroatoms. The minimum absolute atomic E-state index is 0.0920. The van der Waals surface area contributed by atoms with E-state index in [9.17, 15) is 5.11 Å². The van der Waals surface area contributed by atoms with Gasteiger partial charge in [0.15, 0.2) is 0 Å². The molecule has 1 aromatic rings. The van der Waals surface area contributed by atoms with Crippen molar-refractivity contribution in [3.05, 3.63) is 23.8 Å². The first-order valence-corrected chi connectivity index (χ1v) is 9.26. The first-order chi connectivity index (χ1) is 12.2. The van der Waals surface area contributed by atoms with Gasteiger partial charge in [-0.2, -0.15) is 5.26 Å². The van der Waals surface area contributed by atoms with E-state index < -0.39 is 6.10 Å². The smallest absolute Gasteiger partial charge is 0.123 e. The van der Waals surface area contributed by atoms with E-state index in [1.807, 2.05) is 18.2 Å². The number of methoxy groups -OCH3 is 1. The Hall–Kier alpha value is -1.77. The lowest BCUT2D eigenvalue weighted by atomic mass is 9.86. The zero-order valence-corrected chi connectivity index (χ0v) is 17.1. The van der Waals surface area contributed by atoms with Gasteiger partial charge in [-0.15, -0.1) is 0 Å². The van der Waals surface area contributed by atoms with Crippen molar-refractivity contribution in [3.63, 3.8) is 0 Å². The molecule has 0 aliphatic heterocycles. The molecule has 26 heavy (non-hydrogen) atoms. The Morgan fingerprint density at radius 1 is 1.23 bits per heavy atom. The normalized spacial score (nSPS) is 12.9. The summed E-state index contributed by atoms with van der Waals surface area (Å²) in [7, 11) is 1.65. The average Bonchev–Trinajstić information content (AvgIpc) is 2.56. The van der Waals surface area contributed by atoms with Gasteiger partial charge >= 0.3 is 0 Å². The topological polar surface area (TPSA) is 65.7 Å². The molecule has 0 aliphatic rings. The standard InChI is InChI=1S/C21H34N2O3/c1-16(2)13-23(11-7-10-22)14-17(24)15-26-20-9-8-18(25-6)12-19(20)21(3,4)5/h8-9,12,16-17,24H,7,11,13-15H2,1-6H3/t17-/m0/s1. The van der Waals surface area contributed by atoms with Crippen LogP contribution in [0, 0.1) is 17.2 Å². The molecule has 0 aromatic heterocycles. The molecule has 146 valence electrons. The van der Waals surface area contributed by atoms with Gasteiger partial charge in [-0.3, -0.25) is 4.90 Å². The summed E-state index contributed by atoms with van der Waals surface area (Å²) in [4.78, 5) is 2.13. The number of ether oxygens (including phenoxy) is 2. The highest BCUT2D eigenvalue weighted by Gasteiger charge is 2.21. The van der Waals surface area contributed by atoms with E-state index in [1.165, 1.54) is 0 Å². The maximum absolute atomic E-state index is 10.4. The van der Waals surface area contributed by atoms with Crippen LogP contribution in [0.15, 0.2) is 18.2 Å². The van der Waals surface area contributed by atoms with Crippen molar-refractivity contribution in [2.75, 3.05) is 33.4 Å². The van der Waals surface area contributed by atoms with E-state index >= 15 is 0 Å². The number of nitrogens with zero attached hydrogens (tertiary/aromatic N) is 2. The quantitative estimate of drug-likeness (QED) is 0.689. The largest absolute Gasteiger partial charge is 0.497 e. The van der Waals surface area contributed by atoms with E-state index in [1.54, 1.807) is 7.11 Å². The van der Waals surface area contributed by atoms with Crippen LogP contribution in [0.1, 0.15) is 46.6 Å². The average molecular weight is 363 g/mol. The third-order valence-electron chi connectivity index (χ3n) is 4.06. The van der Waals surface area contributed by atoms with E-state index in [0.717, 1.165) is 23.6 Å². The third kappa shape index (κ3) is 7.63. The predicted octanol–water partition coefficient (Wildman–Crippen LogP) is 3.60. The highest BCUT2D eigenvalue weighted by Crippen LogP contribution is 2.34. The SMILES string of the molecule is COc1ccc(OC[C@@H](O)CN(CCC#N)CC(C)C)c(C(C)(C)C)c1. The maximum Gasteiger partial charge on any atom is 0.123 e. The zero-order valence-electron chi connectivity index (χ0n) is 17.1. The summed E-state index contributed by atoms with van der Waals surface area (Å²) in [5.74, 6) is 2.04. The first kappa shape index (κ1) is 22.3. The summed E-state index contributed by atoms with van der Waals surface area (Å²) >= 11 is 0. The summed E-state index contributed by atoms with van der Waals surface area (Å²) < 4.78 is 11.3. The van der Waals surface area contributed by atoms with Crippen LogP contribution < -0.4 is 9.47 Å². The van der Waals surface area contributed by atoms with Crippen LogP contribution in [0.4, 0.5) is 0 Å². The Bertz CT molecular complexity index is 588. The summed E-state index contributed by atoms with van der Waals surface area (Å²) in [6.45, 7) is 12.9. The molecule has 5 nitrogen and oxygen atoms in total. The number of hydrogen-bond donors (Lipinski definition) is 1. The summed E-state index contributed by atoms with van der Waals surface area (Å²) in [5.41, 5.74) is 0.957. The van der Waals surface area contributed by atoms with Gasteiger partial charge in [-0.1, -0.05) is 34.6 Å². The number of benzene rings is 1. The fourth-order valence-electron chi connectivity index (χ4n) is 2.87. The monoisotopic (exact) mass is 362 g/mol. The van der Waals surface area contributed by atoms with Crippen molar-refractivity contribution in [3.8, 4) is 17.6 Å². The van der Waals surface area contributed by atoms with E-state index in [4.69, 9.17) is 14.7 Å². The van der Waals surface area contributed by atoms with Crippen LogP contribution in [-0.4, -0.2) is 49.5 Å². The number of hydrogen-bond acceptors (Lipinski definition) is 5. The Kier molecular flexibility index (Phi) is 8.91. The molecule has 1 atom stereocenters. The van der Waals surface area contributed by atoms with Crippen molar-refractivity contribution >= 4 is 0 Å². The molecule has 1 rings (SSSR count). The molecule has 0 heterocycles. The fourth-order valence-corrected chi connectivity index (χ4v) is 2.87. The van der Waals surface area contributed by atoms with Gasteiger partial charge in [0.05, 0.1) is 13.2 Å². The van der Waals surface area contributed by atoms with Crippen LogP contribution in [0.25, 0.3) is 0 Å². The van der Waals surface area contributed by atoms with Gasteiger partial charge in [0.25, 0.3) is 0 Å². The Morgan fingerprint density at radius 3 is 2.46 bits per heavy atom. The molecule has 0 amide bonds. The second kappa shape index (κ2) is 10.4. The van der Waals surface area contributed by atoms with Crippen molar-refractivity contribution < 1.29 is 14.6 Å². The zero-order chi connectivity index (χ0) is 19.7. The summed E-state index contributed by atoms with van der Waals surface area (Å²) in [6, 6.07) is 7.92. The molecule has 0 spiro atoms. The van der Waals surface area contributed by atoms with Crippen molar-refractivity contribution in [2.45, 2.75) is 52.6 Å². The van der Waals surface area contributed by atoms with Crippen LogP contribution in [0.5, 0.6) is 11.5 Å². The molecule has 1 N–H and O–H groups in total. The second-order valence-electron chi connectivity index (χ2n) is 8.14. The number of nitriles is 1. The van der Waals surface area contributed by atoms with Gasteiger partial charge in [0.2, 0.25) is 0 Å². The Labute approximate surface area is 158 Å². The molecular formula is C21H34N2O3. The molecule has 0 saturated carbocycles. The van der Waals surface area contributed by atoms with Gasteiger partial charge < -0.3 is 14.6 Å². The van der Waals surface area contributed by atoms with Crippen LogP contribution in [0.2, 0.25) is 0 Å². The molecule has 0 saturated heterocycles. The fraction of sp³-hybridized carbons (Fsp3) is 0.667. The van der Waals surface area contributed by atoms with Crippen LogP contribution >= 0.6 is 0 Å². The predicted molar refractivity (Wildman–Crippen MR) is 105 cm³/mol. The number of rotatable bonds is 10. The summed E-state index contributed by atoms with van der Waals surface area (Å²) in [5, 5.41) is 19.2. The van der Waals surface area contributed by atoms with Gasteiger partial charge in [0.1, 0.15) is 24.2 Å². The third-order valence-corrected chi connectivity index (χ3v) is 4.06. The minimum atomic E-state index is -0.609. The van der Waals surface area contributed by atoms with Crippen molar-refractivity contribution in [2.24, 2.45) is 5.92 Å². The molecular weight excluding hydrogens is 328 g/mol. The first-order valence-electron chi connectivity index (χ1n) is 9.26. The summed E-state index contributed by atoms with van der Waals surface area (Å²) in [6.07, 6.45) is -0.144. The van der Waals surface area contributed by atoms with E-state index in [0.29, 0.717) is 25.4 Å². The lowest BCUT2D eigenvalue weighted by Gasteiger charge is -2.27. The lowest BCUT2D eigenvalue weighted by molar-refractivity contribution is 0.0643. The van der Waals surface area contributed by atoms with Gasteiger partial charge in [-0.25, -0.2) is 0 Å². The molecule has 0 bridgehead atoms. The van der Waals surface area contributed by atoms with Crippen molar-refractivity contribution in [1.29, 1.82) is 5.26 Å². The van der Waals surface area contributed by atoms with E-state index in [-0.39, 0.29) is 12.0 Å². The number of aliphatic hydroxyl groups excluding tert-OH is 1.